The van der Waals surface area contributed by atoms with Gasteiger partial charge in [-0.3, -0.25) is 14.5 Å². The van der Waals surface area contributed by atoms with Crippen LogP contribution in [0, 0.1) is 17.1 Å². The van der Waals surface area contributed by atoms with Gasteiger partial charge >= 0.3 is 0 Å². The second-order valence-corrected chi connectivity index (χ2v) is 5.94. The van der Waals surface area contributed by atoms with Crippen LogP contribution in [0.4, 0.5) is 10.2 Å². The van der Waals surface area contributed by atoms with Crippen LogP contribution in [0.1, 0.15) is 33.2 Å². The highest BCUT2D eigenvalue weighted by Crippen LogP contribution is 2.24. The predicted molar refractivity (Wildman–Crippen MR) is 88.8 cm³/mol. The Morgan fingerprint density at radius 3 is 2.48 bits per heavy atom. The molecular weight excluding hydrogens is 347 g/mol. The third-order valence-electron chi connectivity index (χ3n) is 3.77. The number of fused-ring (bicyclic) bond motifs is 1. The smallest absolute Gasteiger partial charge is 0.261 e. The Kier molecular flexibility index (Phi) is 4.38. The lowest BCUT2D eigenvalue weighted by Crippen LogP contribution is -2.39. The monoisotopic (exact) mass is 358 g/mol. The third-order valence-corrected chi connectivity index (χ3v) is 4.06. The molecule has 126 valence electrons. The number of halogens is 2. The van der Waals surface area contributed by atoms with Crippen LogP contribution in [0.3, 0.4) is 0 Å². The maximum Gasteiger partial charge on any atom is 0.261 e. The van der Waals surface area contributed by atoms with E-state index in [4.69, 9.17) is 16.9 Å². The first-order valence-electron chi connectivity index (χ1n) is 7.40. The van der Waals surface area contributed by atoms with E-state index in [9.17, 15) is 14.0 Å². The lowest BCUT2D eigenvalue weighted by Gasteiger charge is -2.21. The zero-order valence-electron chi connectivity index (χ0n) is 13.1. The number of nitrogens with one attached hydrogen (secondary N) is 1. The highest BCUT2D eigenvalue weighted by Gasteiger charge is 2.35. The molecule has 3 rings (SSSR count). The lowest BCUT2D eigenvalue weighted by atomic mass is 10.1. The number of pyridine rings is 1. The topological polar surface area (TPSA) is 86.1 Å². The molecule has 1 atom stereocenters. The second kappa shape index (κ2) is 6.49. The number of carbonyl (C=O) groups is 2. The molecule has 1 aliphatic heterocycles. The van der Waals surface area contributed by atoms with E-state index >= 15 is 0 Å². The Morgan fingerprint density at radius 2 is 1.92 bits per heavy atom. The summed E-state index contributed by atoms with van der Waals surface area (Å²) in [6.07, 6.45) is 0. The van der Waals surface area contributed by atoms with Crippen LogP contribution in [-0.4, -0.2) is 34.3 Å². The summed E-state index contributed by atoms with van der Waals surface area (Å²) in [6.45, 7) is 1.71. The fourth-order valence-corrected chi connectivity index (χ4v) is 2.79. The fraction of sp³-hybridized carbons (Fsp3) is 0.176. The number of aromatic nitrogens is 1. The quantitative estimate of drug-likeness (QED) is 0.671. The van der Waals surface area contributed by atoms with Crippen molar-refractivity contribution >= 4 is 29.2 Å². The van der Waals surface area contributed by atoms with Gasteiger partial charge in [0, 0.05) is 12.6 Å². The average molecular weight is 359 g/mol. The normalized spacial score (nSPS) is 14.2. The van der Waals surface area contributed by atoms with Crippen molar-refractivity contribution in [2.45, 2.75) is 13.0 Å². The van der Waals surface area contributed by atoms with Gasteiger partial charge in [0.1, 0.15) is 11.2 Å². The summed E-state index contributed by atoms with van der Waals surface area (Å²) in [5, 5.41) is 11.5. The standard InChI is InChI=1S/C17H12ClFN4O2/c1-9(21-15-13(19)6-10(7-20)14(18)22-15)8-23-16(24)11-4-2-3-5-12(11)17(23)25/h2-6,9H,8H2,1H3,(H,21,22)/t9-/m1/s1. The molecule has 0 unspecified atom stereocenters. The molecule has 1 aromatic carbocycles. The van der Waals surface area contributed by atoms with Crippen LogP contribution in [-0.2, 0) is 0 Å². The van der Waals surface area contributed by atoms with Gasteiger partial charge in [0.25, 0.3) is 11.8 Å². The minimum absolute atomic E-state index is 0.0328. The molecule has 2 heterocycles. The van der Waals surface area contributed by atoms with Crippen LogP contribution >= 0.6 is 11.6 Å². The van der Waals surface area contributed by atoms with Crippen LogP contribution < -0.4 is 5.32 Å². The van der Waals surface area contributed by atoms with Gasteiger partial charge in [-0.1, -0.05) is 23.7 Å². The van der Waals surface area contributed by atoms with E-state index in [2.05, 4.69) is 10.3 Å². The molecule has 8 heteroatoms. The molecule has 0 radical (unpaired) electrons. The predicted octanol–water partition coefficient (Wildman–Crippen LogP) is 2.84. The Morgan fingerprint density at radius 1 is 1.32 bits per heavy atom. The first-order chi connectivity index (χ1) is 11.9. The SMILES string of the molecule is C[C@H](CN1C(=O)c2ccccc2C1=O)Nc1nc(Cl)c(C#N)cc1F. The molecule has 0 spiro atoms. The van der Waals surface area contributed by atoms with Crippen molar-refractivity contribution in [1.82, 2.24) is 9.88 Å². The number of rotatable bonds is 4. The van der Waals surface area contributed by atoms with E-state index in [0.717, 1.165) is 11.0 Å². The zero-order valence-corrected chi connectivity index (χ0v) is 13.8. The maximum atomic E-state index is 14.0. The van der Waals surface area contributed by atoms with Crippen LogP contribution in [0.15, 0.2) is 30.3 Å². The molecule has 2 amide bonds. The number of anilines is 1. The second-order valence-electron chi connectivity index (χ2n) is 5.58. The van der Waals surface area contributed by atoms with Crippen molar-refractivity contribution in [3.05, 3.63) is 58.0 Å². The molecule has 0 bridgehead atoms. The summed E-state index contributed by atoms with van der Waals surface area (Å²) in [5.74, 6) is -1.66. The summed E-state index contributed by atoms with van der Waals surface area (Å²) < 4.78 is 14.0. The molecule has 1 N–H and O–H groups in total. The summed E-state index contributed by atoms with van der Waals surface area (Å²) in [4.78, 5) is 29.6. The molecule has 0 fully saturated rings. The number of carbonyl (C=O) groups excluding carboxylic acids is 2. The summed E-state index contributed by atoms with van der Waals surface area (Å²) in [5.41, 5.74) is 0.633. The Hall–Kier alpha value is -2.98. The first kappa shape index (κ1) is 16.9. The molecule has 25 heavy (non-hydrogen) atoms. The molecule has 0 aliphatic carbocycles. The number of nitrogens with zero attached hydrogens (tertiary/aromatic N) is 3. The molecule has 0 saturated heterocycles. The van der Waals surface area contributed by atoms with E-state index in [1.807, 2.05) is 0 Å². The Bertz CT molecular complexity index is 890. The van der Waals surface area contributed by atoms with Gasteiger partial charge < -0.3 is 5.32 Å². The van der Waals surface area contributed by atoms with Gasteiger partial charge in [0.2, 0.25) is 0 Å². The van der Waals surface area contributed by atoms with Crippen LogP contribution in [0.25, 0.3) is 0 Å². The molecule has 1 aliphatic rings. The van der Waals surface area contributed by atoms with Gasteiger partial charge in [-0.05, 0) is 25.1 Å². The van der Waals surface area contributed by atoms with E-state index in [-0.39, 0.29) is 34.9 Å². The molecule has 0 saturated carbocycles. The van der Waals surface area contributed by atoms with Gasteiger partial charge in [-0.2, -0.15) is 5.26 Å². The summed E-state index contributed by atoms with van der Waals surface area (Å²) >= 11 is 5.80. The van der Waals surface area contributed by atoms with Crippen molar-refractivity contribution in [3.63, 3.8) is 0 Å². The van der Waals surface area contributed by atoms with Crippen molar-refractivity contribution in [2.75, 3.05) is 11.9 Å². The highest BCUT2D eigenvalue weighted by atomic mass is 35.5. The van der Waals surface area contributed by atoms with Crippen molar-refractivity contribution in [1.29, 1.82) is 5.26 Å². The maximum absolute atomic E-state index is 14.0. The van der Waals surface area contributed by atoms with Gasteiger partial charge in [0.05, 0.1) is 16.7 Å². The van der Waals surface area contributed by atoms with Gasteiger partial charge in [0.15, 0.2) is 11.6 Å². The van der Waals surface area contributed by atoms with E-state index in [1.165, 1.54) is 0 Å². The number of hydrogen-bond acceptors (Lipinski definition) is 5. The van der Waals surface area contributed by atoms with Crippen LogP contribution in [0.2, 0.25) is 5.15 Å². The van der Waals surface area contributed by atoms with Crippen LogP contribution in [0.5, 0.6) is 0 Å². The fourth-order valence-electron chi connectivity index (χ4n) is 2.60. The lowest BCUT2D eigenvalue weighted by molar-refractivity contribution is 0.0649. The summed E-state index contributed by atoms with van der Waals surface area (Å²) in [6, 6.07) is 8.80. The molecule has 1 aromatic heterocycles. The minimum atomic E-state index is -0.741. The Balaban J connectivity index is 1.75. The molecular formula is C17H12ClFN4O2. The number of amides is 2. The third kappa shape index (κ3) is 3.04. The molecule has 2 aromatic rings. The zero-order chi connectivity index (χ0) is 18.1. The minimum Gasteiger partial charge on any atom is -0.363 e. The van der Waals surface area contributed by atoms with Crippen molar-refractivity contribution in [3.8, 4) is 6.07 Å². The number of hydrogen-bond donors (Lipinski definition) is 1. The number of benzene rings is 1. The van der Waals surface area contributed by atoms with E-state index in [0.29, 0.717) is 11.1 Å². The van der Waals surface area contributed by atoms with Gasteiger partial charge in [-0.15, -0.1) is 0 Å². The number of imide groups is 1. The summed E-state index contributed by atoms with van der Waals surface area (Å²) in [7, 11) is 0. The Labute approximate surface area is 147 Å². The van der Waals surface area contributed by atoms with E-state index < -0.39 is 11.9 Å². The van der Waals surface area contributed by atoms with E-state index in [1.54, 1.807) is 37.3 Å². The largest absolute Gasteiger partial charge is 0.363 e. The average Bonchev–Trinajstić information content (AvgIpc) is 2.83. The van der Waals surface area contributed by atoms with Crippen molar-refractivity contribution < 1.29 is 14.0 Å². The highest BCUT2D eigenvalue weighted by molar-refractivity contribution is 6.30. The first-order valence-corrected chi connectivity index (χ1v) is 7.78. The number of nitriles is 1. The van der Waals surface area contributed by atoms with Crippen molar-refractivity contribution in [2.24, 2.45) is 0 Å². The molecule has 6 nitrogen and oxygen atoms in total. The van der Waals surface area contributed by atoms with Gasteiger partial charge in [-0.25, -0.2) is 9.37 Å².